The van der Waals surface area contributed by atoms with Gasteiger partial charge in [-0.2, -0.15) is 0 Å². The molecule has 6 heteroatoms. The molecule has 5 nitrogen and oxygen atoms in total. The highest BCUT2D eigenvalue weighted by atomic mass is 35.5. The largest absolute Gasteiger partial charge is 0.474 e. The molecule has 1 saturated carbocycles. The van der Waals surface area contributed by atoms with Crippen molar-refractivity contribution in [1.82, 2.24) is 19.7 Å². The van der Waals surface area contributed by atoms with Crippen LogP contribution in [-0.2, 0) is 0 Å². The van der Waals surface area contributed by atoms with Crippen LogP contribution in [0.5, 0.6) is 5.88 Å². The summed E-state index contributed by atoms with van der Waals surface area (Å²) in [6.07, 6.45) is 5.95. The fourth-order valence-corrected chi connectivity index (χ4v) is 4.08. The first kappa shape index (κ1) is 18.0. The summed E-state index contributed by atoms with van der Waals surface area (Å²) >= 11 is 6.51. The number of pyridine rings is 1. The minimum atomic E-state index is 0.205. The molecule has 27 heavy (non-hydrogen) atoms. The van der Waals surface area contributed by atoms with Gasteiger partial charge in [0.25, 0.3) is 0 Å². The van der Waals surface area contributed by atoms with Crippen LogP contribution in [-0.4, -0.2) is 25.9 Å². The van der Waals surface area contributed by atoms with Crippen molar-refractivity contribution in [1.29, 1.82) is 0 Å². The maximum absolute atomic E-state index is 6.51. The molecule has 0 spiro atoms. The molecule has 2 heterocycles. The van der Waals surface area contributed by atoms with E-state index >= 15 is 0 Å². The van der Waals surface area contributed by atoms with Crippen LogP contribution in [0, 0.1) is 13.8 Å². The van der Waals surface area contributed by atoms with Crippen LogP contribution < -0.4 is 4.74 Å². The lowest BCUT2D eigenvalue weighted by molar-refractivity contribution is 0.139. The Morgan fingerprint density at radius 1 is 1.04 bits per heavy atom. The predicted molar refractivity (Wildman–Crippen MR) is 106 cm³/mol. The van der Waals surface area contributed by atoms with E-state index in [-0.39, 0.29) is 6.10 Å². The number of hydrogen-bond donors (Lipinski definition) is 0. The Morgan fingerprint density at radius 2 is 1.85 bits per heavy atom. The van der Waals surface area contributed by atoms with Crippen LogP contribution in [0.25, 0.3) is 5.69 Å². The van der Waals surface area contributed by atoms with Crippen molar-refractivity contribution in [2.75, 3.05) is 0 Å². The van der Waals surface area contributed by atoms with Crippen LogP contribution in [0.1, 0.15) is 48.8 Å². The van der Waals surface area contributed by atoms with Crippen molar-refractivity contribution in [3.63, 3.8) is 0 Å². The number of rotatable bonds is 4. The summed E-state index contributed by atoms with van der Waals surface area (Å²) < 4.78 is 8.12. The lowest BCUT2D eigenvalue weighted by Gasteiger charge is -2.28. The lowest BCUT2D eigenvalue weighted by atomic mass is 9.86. The zero-order valence-corrected chi connectivity index (χ0v) is 16.4. The van der Waals surface area contributed by atoms with Gasteiger partial charge in [0.05, 0.1) is 10.7 Å². The molecule has 0 radical (unpaired) electrons. The maximum Gasteiger partial charge on any atom is 0.213 e. The molecule has 0 saturated heterocycles. The van der Waals surface area contributed by atoms with Gasteiger partial charge in [-0.1, -0.05) is 23.7 Å². The average Bonchev–Trinajstić information content (AvgIpc) is 3.05. The number of ether oxygens (including phenoxy) is 1. The van der Waals surface area contributed by atoms with Crippen LogP contribution in [0.3, 0.4) is 0 Å². The molecular formula is C21H23ClN4O. The molecule has 0 unspecified atom stereocenters. The fraction of sp³-hybridized carbons (Fsp3) is 0.381. The first-order valence-corrected chi connectivity index (χ1v) is 9.75. The van der Waals surface area contributed by atoms with Crippen molar-refractivity contribution in [2.45, 2.75) is 51.6 Å². The molecular weight excluding hydrogens is 360 g/mol. The summed E-state index contributed by atoms with van der Waals surface area (Å²) in [5, 5.41) is 9.55. The Balaban J connectivity index is 1.51. The van der Waals surface area contributed by atoms with Crippen molar-refractivity contribution in [3.05, 3.63) is 64.8 Å². The smallest absolute Gasteiger partial charge is 0.213 e. The molecule has 0 aliphatic heterocycles. The monoisotopic (exact) mass is 382 g/mol. The summed E-state index contributed by atoms with van der Waals surface area (Å²) in [5.41, 5.74) is 2.09. The third-order valence-electron chi connectivity index (χ3n) is 5.16. The van der Waals surface area contributed by atoms with E-state index in [4.69, 9.17) is 16.3 Å². The van der Waals surface area contributed by atoms with E-state index in [0.717, 1.165) is 53.6 Å². The molecule has 140 valence electrons. The third-order valence-corrected chi connectivity index (χ3v) is 5.46. The summed E-state index contributed by atoms with van der Waals surface area (Å²) in [6.45, 7) is 4.01. The van der Waals surface area contributed by atoms with Crippen molar-refractivity contribution in [2.24, 2.45) is 0 Å². The molecule has 1 fully saturated rings. The second-order valence-corrected chi connectivity index (χ2v) is 7.56. The molecule has 0 N–H and O–H groups in total. The number of aryl methyl sites for hydroxylation is 2. The van der Waals surface area contributed by atoms with Gasteiger partial charge in [-0.05, 0) is 63.3 Å². The molecule has 2 aromatic heterocycles. The van der Waals surface area contributed by atoms with E-state index in [0.29, 0.717) is 11.8 Å². The standard InChI is InChI=1S/C21H23ClN4O/c1-14-6-11-19(18(22)13-14)26-15(2)24-25-21(26)16-7-9-17(10-8-16)27-20-5-3-4-12-23-20/h3-6,11-13,16-17H,7-10H2,1-2H3/t16-,17-. The van der Waals surface area contributed by atoms with E-state index in [9.17, 15) is 0 Å². The van der Waals surface area contributed by atoms with Gasteiger partial charge in [-0.3, -0.25) is 4.57 Å². The molecule has 1 aliphatic carbocycles. The van der Waals surface area contributed by atoms with E-state index < -0.39 is 0 Å². The number of hydrogen-bond acceptors (Lipinski definition) is 4. The fourth-order valence-electron chi connectivity index (χ4n) is 3.76. The molecule has 0 bridgehead atoms. The van der Waals surface area contributed by atoms with Gasteiger partial charge < -0.3 is 4.74 Å². The normalized spacial score (nSPS) is 19.8. The number of halogens is 1. The first-order chi connectivity index (χ1) is 13.1. The Bertz CT molecular complexity index is 917. The maximum atomic E-state index is 6.51. The van der Waals surface area contributed by atoms with Gasteiger partial charge in [0.15, 0.2) is 0 Å². The summed E-state index contributed by atoms with van der Waals surface area (Å²) in [4.78, 5) is 4.26. The second-order valence-electron chi connectivity index (χ2n) is 7.16. The zero-order valence-electron chi connectivity index (χ0n) is 15.6. The van der Waals surface area contributed by atoms with Crippen molar-refractivity contribution >= 4 is 11.6 Å². The number of aromatic nitrogens is 4. The Hall–Kier alpha value is -2.40. The minimum absolute atomic E-state index is 0.205. The van der Waals surface area contributed by atoms with Gasteiger partial charge in [-0.15, -0.1) is 10.2 Å². The molecule has 0 atom stereocenters. The predicted octanol–water partition coefficient (Wildman–Crippen LogP) is 5.04. The quantitative estimate of drug-likeness (QED) is 0.634. The van der Waals surface area contributed by atoms with Gasteiger partial charge in [-0.25, -0.2) is 4.98 Å². The third kappa shape index (κ3) is 3.83. The zero-order chi connectivity index (χ0) is 18.8. The van der Waals surface area contributed by atoms with Crippen molar-refractivity contribution in [3.8, 4) is 11.6 Å². The molecule has 3 aromatic rings. The van der Waals surface area contributed by atoms with E-state index in [1.165, 1.54) is 0 Å². The summed E-state index contributed by atoms with van der Waals surface area (Å²) in [6, 6.07) is 11.9. The van der Waals surface area contributed by atoms with E-state index in [2.05, 4.69) is 25.8 Å². The lowest BCUT2D eigenvalue weighted by Crippen LogP contribution is -2.25. The highest BCUT2D eigenvalue weighted by Crippen LogP contribution is 2.35. The van der Waals surface area contributed by atoms with Gasteiger partial charge >= 0.3 is 0 Å². The Morgan fingerprint density at radius 3 is 2.56 bits per heavy atom. The van der Waals surface area contributed by atoms with Crippen LogP contribution in [0.15, 0.2) is 42.6 Å². The SMILES string of the molecule is Cc1ccc(-n2c(C)nnc2[C@H]2CC[C@H](Oc3ccccn3)CC2)c(Cl)c1. The molecule has 0 amide bonds. The minimum Gasteiger partial charge on any atom is -0.474 e. The van der Waals surface area contributed by atoms with E-state index in [1.54, 1.807) is 6.20 Å². The average molecular weight is 383 g/mol. The summed E-state index contributed by atoms with van der Waals surface area (Å²) in [5.74, 6) is 2.91. The van der Waals surface area contributed by atoms with Crippen LogP contribution in [0.4, 0.5) is 0 Å². The Kier molecular flexibility index (Phi) is 5.12. The molecule has 1 aliphatic rings. The molecule has 1 aromatic carbocycles. The molecule has 4 rings (SSSR count). The van der Waals surface area contributed by atoms with Gasteiger partial charge in [0, 0.05) is 18.2 Å². The van der Waals surface area contributed by atoms with Crippen LogP contribution in [0.2, 0.25) is 5.02 Å². The first-order valence-electron chi connectivity index (χ1n) is 9.38. The van der Waals surface area contributed by atoms with Crippen molar-refractivity contribution < 1.29 is 4.74 Å². The van der Waals surface area contributed by atoms with Gasteiger partial charge in [0.1, 0.15) is 17.8 Å². The topological polar surface area (TPSA) is 52.8 Å². The number of benzene rings is 1. The van der Waals surface area contributed by atoms with Gasteiger partial charge in [0.2, 0.25) is 5.88 Å². The second kappa shape index (κ2) is 7.69. The summed E-state index contributed by atoms with van der Waals surface area (Å²) in [7, 11) is 0. The Labute approximate surface area is 164 Å². The van der Waals surface area contributed by atoms with E-state index in [1.807, 2.05) is 44.2 Å². The highest BCUT2D eigenvalue weighted by Gasteiger charge is 2.28. The number of nitrogens with zero attached hydrogens (tertiary/aromatic N) is 4. The van der Waals surface area contributed by atoms with Crippen LogP contribution >= 0.6 is 11.6 Å². The highest BCUT2D eigenvalue weighted by molar-refractivity contribution is 6.32.